The SMILES string of the molecule is CS(=O)(=O)CCCC1(O)CCCC1S(C)(=O)=O. The van der Waals surface area contributed by atoms with Crippen LogP contribution in [0, 0.1) is 0 Å². The van der Waals surface area contributed by atoms with Crippen LogP contribution in [0.3, 0.4) is 0 Å². The van der Waals surface area contributed by atoms with E-state index in [4.69, 9.17) is 0 Å². The molecular weight excluding hydrogens is 264 g/mol. The maximum Gasteiger partial charge on any atom is 0.153 e. The highest BCUT2D eigenvalue weighted by Gasteiger charge is 2.46. The second kappa shape index (κ2) is 4.85. The number of hydrogen-bond donors (Lipinski definition) is 1. The highest BCUT2D eigenvalue weighted by molar-refractivity contribution is 7.91. The van der Waals surface area contributed by atoms with Gasteiger partial charge < -0.3 is 5.11 Å². The van der Waals surface area contributed by atoms with Gasteiger partial charge in [-0.15, -0.1) is 0 Å². The summed E-state index contributed by atoms with van der Waals surface area (Å²) < 4.78 is 45.0. The molecule has 0 amide bonds. The summed E-state index contributed by atoms with van der Waals surface area (Å²) in [6.07, 6.45) is 4.39. The third-order valence-electron chi connectivity index (χ3n) is 3.32. The van der Waals surface area contributed by atoms with Gasteiger partial charge in [0.05, 0.1) is 10.9 Å². The molecule has 2 atom stereocenters. The van der Waals surface area contributed by atoms with Crippen molar-refractivity contribution < 1.29 is 21.9 Å². The number of rotatable bonds is 5. The van der Waals surface area contributed by atoms with Gasteiger partial charge in [-0.2, -0.15) is 0 Å². The van der Waals surface area contributed by atoms with Crippen LogP contribution in [0.25, 0.3) is 0 Å². The van der Waals surface area contributed by atoms with Gasteiger partial charge >= 0.3 is 0 Å². The first kappa shape index (κ1) is 14.9. The van der Waals surface area contributed by atoms with Gasteiger partial charge in [-0.1, -0.05) is 0 Å². The molecule has 0 bridgehead atoms. The van der Waals surface area contributed by atoms with E-state index in [1.807, 2.05) is 0 Å². The van der Waals surface area contributed by atoms with E-state index in [9.17, 15) is 21.9 Å². The molecule has 0 spiro atoms. The zero-order valence-electron chi connectivity index (χ0n) is 10.2. The van der Waals surface area contributed by atoms with Crippen molar-refractivity contribution in [2.24, 2.45) is 0 Å². The molecule has 1 aliphatic carbocycles. The van der Waals surface area contributed by atoms with Crippen LogP contribution >= 0.6 is 0 Å². The van der Waals surface area contributed by atoms with Crippen LogP contribution < -0.4 is 0 Å². The van der Waals surface area contributed by atoms with Gasteiger partial charge in [-0.05, 0) is 32.1 Å². The molecule has 1 aliphatic rings. The third kappa shape index (κ3) is 4.22. The molecular formula is C10H20O5S2. The molecule has 7 heteroatoms. The van der Waals surface area contributed by atoms with Crippen molar-refractivity contribution in [1.82, 2.24) is 0 Å². The Hall–Kier alpha value is -0.140. The summed E-state index contributed by atoms with van der Waals surface area (Å²) in [7, 11) is -6.33. The maximum absolute atomic E-state index is 11.5. The summed E-state index contributed by atoms with van der Waals surface area (Å²) in [6.45, 7) is 0. The lowest BCUT2D eigenvalue weighted by Gasteiger charge is -2.28. The zero-order valence-corrected chi connectivity index (χ0v) is 11.8. The Morgan fingerprint density at radius 2 is 1.82 bits per heavy atom. The average molecular weight is 284 g/mol. The zero-order chi connectivity index (χ0) is 13.3. The molecule has 1 N–H and O–H groups in total. The van der Waals surface area contributed by atoms with Gasteiger partial charge in [0.15, 0.2) is 9.84 Å². The van der Waals surface area contributed by atoms with E-state index in [0.717, 1.165) is 12.5 Å². The van der Waals surface area contributed by atoms with Crippen LogP contribution in [-0.4, -0.2) is 51.1 Å². The highest BCUT2D eigenvalue weighted by Crippen LogP contribution is 2.38. The third-order valence-corrected chi connectivity index (χ3v) is 6.06. The summed E-state index contributed by atoms with van der Waals surface area (Å²) in [5.41, 5.74) is -1.24. The van der Waals surface area contributed by atoms with E-state index in [2.05, 4.69) is 0 Å². The van der Waals surface area contributed by atoms with Crippen molar-refractivity contribution in [3.63, 3.8) is 0 Å². The Kier molecular flexibility index (Phi) is 4.26. The number of hydrogen-bond acceptors (Lipinski definition) is 5. The molecule has 0 saturated heterocycles. The van der Waals surface area contributed by atoms with Gasteiger partial charge in [0, 0.05) is 18.3 Å². The smallest absolute Gasteiger partial charge is 0.153 e. The Bertz CT molecular complexity index is 465. The molecule has 0 radical (unpaired) electrons. The Labute approximate surface area is 103 Å². The fraction of sp³-hybridized carbons (Fsp3) is 1.00. The molecule has 5 nitrogen and oxygen atoms in total. The molecule has 0 aromatic rings. The topological polar surface area (TPSA) is 88.5 Å². The summed E-state index contributed by atoms with van der Waals surface area (Å²) in [4.78, 5) is 0. The molecule has 102 valence electrons. The van der Waals surface area contributed by atoms with E-state index in [1.54, 1.807) is 0 Å². The fourth-order valence-corrected chi connectivity index (χ4v) is 4.86. The number of aliphatic hydroxyl groups is 1. The van der Waals surface area contributed by atoms with Crippen LogP contribution in [0.5, 0.6) is 0 Å². The Balaban J connectivity index is 2.68. The van der Waals surface area contributed by atoms with Gasteiger partial charge in [-0.3, -0.25) is 0 Å². The maximum atomic E-state index is 11.5. The molecule has 17 heavy (non-hydrogen) atoms. The van der Waals surface area contributed by atoms with Crippen molar-refractivity contribution >= 4 is 19.7 Å². The lowest BCUT2D eigenvalue weighted by Crippen LogP contribution is -2.42. The van der Waals surface area contributed by atoms with Gasteiger partial charge in [0.25, 0.3) is 0 Å². The average Bonchev–Trinajstić information content (AvgIpc) is 2.43. The second-order valence-electron chi connectivity index (χ2n) is 5.05. The lowest BCUT2D eigenvalue weighted by atomic mass is 9.96. The second-order valence-corrected chi connectivity index (χ2v) is 9.54. The van der Waals surface area contributed by atoms with Gasteiger partial charge in [-0.25, -0.2) is 16.8 Å². The minimum Gasteiger partial charge on any atom is -0.389 e. The minimum atomic E-state index is -3.28. The first-order chi connectivity index (χ1) is 7.55. The molecule has 2 unspecified atom stereocenters. The van der Waals surface area contributed by atoms with E-state index in [1.165, 1.54) is 0 Å². The lowest BCUT2D eigenvalue weighted by molar-refractivity contribution is 0.0414. The quantitative estimate of drug-likeness (QED) is 0.775. The predicted octanol–water partition coefficient (Wildman–Crippen LogP) is 0.139. The van der Waals surface area contributed by atoms with Crippen molar-refractivity contribution in [3.05, 3.63) is 0 Å². The first-order valence-corrected chi connectivity index (χ1v) is 9.65. The Morgan fingerprint density at radius 3 is 2.29 bits per heavy atom. The molecule has 0 aromatic heterocycles. The minimum absolute atomic E-state index is 0.00814. The van der Waals surface area contributed by atoms with E-state index in [-0.39, 0.29) is 12.2 Å². The molecule has 1 saturated carbocycles. The fourth-order valence-electron chi connectivity index (χ4n) is 2.56. The molecule has 1 fully saturated rings. The van der Waals surface area contributed by atoms with Crippen LogP contribution in [0.15, 0.2) is 0 Å². The van der Waals surface area contributed by atoms with Crippen molar-refractivity contribution in [1.29, 1.82) is 0 Å². The normalized spacial score (nSPS) is 30.6. The first-order valence-electron chi connectivity index (χ1n) is 5.64. The highest BCUT2D eigenvalue weighted by atomic mass is 32.2. The molecule has 0 aromatic carbocycles. The van der Waals surface area contributed by atoms with Crippen LogP contribution in [0.4, 0.5) is 0 Å². The largest absolute Gasteiger partial charge is 0.389 e. The molecule has 0 aliphatic heterocycles. The van der Waals surface area contributed by atoms with Crippen LogP contribution in [-0.2, 0) is 19.7 Å². The van der Waals surface area contributed by atoms with Crippen LogP contribution in [0.1, 0.15) is 32.1 Å². The standard InChI is InChI=1S/C10H20O5S2/c1-16(12,13)8-4-7-10(11)6-3-5-9(10)17(2,14)15/h9,11H,3-8H2,1-2H3. The van der Waals surface area contributed by atoms with E-state index >= 15 is 0 Å². The van der Waals surface area contributed by atoms with Gasteiger partial charge in [0.1, 0.15) is 9.84 Å². The molecule has 1 rings (SSSR count). The summed E-state index contributed by atoms with van der Waals surface area (Å²) >= 11 is 0. The molecule has 0 heterocycles. The Morgan fingerprint density at radius 1 is 1.24 bits per heavy atom. The van der Waals surface area contributed by atoms with Crippen molar-refractivity contribution in [3.8, 4) is 0 Å². The summed E-state index contributed by atoms with van der Waals surface area (Å²) in [5, 5.41) is 9.57. The van der Waals surface area contributed by atoms with E-state index in [0.29, 0.717) is 25.7 Å². The van der Waals surface area contributed by atoms with Crippen molar-refractivity contribution in [2.75, 3.05) is 18.3 Å². The van der Waals surface area contributed by atoms with Crippen molar-refractivity contribution in [2.45, 2.75) is 43.0 Å². The predicted molar refractivity (Wildman–Crippen MR) is 66.4 cm³/mol. The number of sulfone groups is 2. The van der Waals surface area contributed by atoms with Gasteiger partial charge in [0.2, 0.25) is 0 Å². The monoisotopic (exact) mass is 284 g/mol. The van der Waals surface area contributed by atoms with E-state index < -0.39 is 30.5 Å². The summed E-state index contributed by atoms with van der Waals surface area (Å²) in [6, 6.07) is 0. The summed E-state index contributed by atoms with van der Waals surface area (Å²) in [5.74, 6) is -0.00814. The van der Waals surface area contributed by atoms with Crippen LogP contribution in [0.2, 0.25) is 0 Å².